The van der Waals surface area contributed by atoms with Crippen LogP contribution in [0.25, 0.3) is 11.0 Å². The fraction of sp³-hybridized carbons (Fsp3) is 0.381. The summed E-state index contributed by atoms with van der Waals surface area (Å²) < 4.78 is 5.25. The van der Waals surface area contributed by atoms with Gasteiger partial charge in [-0.15, -0.1) is 0 Å². The summed E-state index contributed by atoms with van der Waals surface area (Å²) in [5.74, 6) is 1.10. The van der Waals surface area contributed by atoms with Crippen molar-refractivity contribution in [1.82, 2.24) is 4.98 Å². The third kappa shape index (κ3) is 4.16. The van der Waals surface area contributed by atoms with Crippen molar-refractivity contribution in [3.05, 3.63) is 60.1 Å². The van der Waals surface area contributed by atoms with Crippen molar-refractivity contribution >= 4 is 16.7 Å². The predicted molar refractivity (Wildman–Crippen MR) is 103 cm³/mol. The molecule has 0 aliphatic rings. The standard InChI is InChI=1S/C11H17N.C10H11NO/c1-9(2)10-7-5-6-8-11(10)12(3)4;1-7(2)9-5-11-6-10-8(9)3-4-12-10/h5-9H,1-4H3;3-7H,1-2H3. The molecule has 0 N–H and O–H groups in total. The first kappa shape index (κ1) is 18.1. The molecule has 1 aromatic carbocycles. The van der Waals surface area contributed by atoms with Crippen LogP contribution in [0.2, 0.25) is 0 Å². The second kappa shape index (κ2) is 8.00. The second-order valence-electron chi connectivity index (χ2n) is 6.82. The molecule has 0 aliphatic carbocycles. The number of furan rings is 1. The Morgan fingerprint density at radius 1 is 0.875 bits per heavy atom. The van der Waals surface area contributed by atoms with Crippen LogP contribution < -0.4 is 4.90 Å². The van der Waals surface area contributed by atoms with E-state index >= 15 is 0 Å². The number of anilines is 1. The SMILES string of the molecule is CC(C)c1ccccc1N(C)C.CC(C)c1cncc2occc12. The summed E-state index contributed by atoms with van der Waals surface area (Å²) in [6.07, 6.45) is 5.36. The lowest BCUT2D eigenvalue weighted by Crippen LogP contribution is -2.11. The monoisotopic (exact) mass is 324 g/mol. The van der Waals surface area contributed by atoms with E-state index in [0.717, 1.165) is 5.58 Å². The van der Waals surface area contributed by atoms with E-state index in [9.17, 15) is 0 Å². The normalized spacial score (nSPS) is 10.8. The van der Waals surface area contributed by atoms with Crippen LogP contribution >= 0.6 is 0 Å². The van der Waals surface area contributed by atoms with Gasteiger partial charge in [-0.2, -0.15) is 0 Å². The van der Waals surface area contributed by atoms with Gasteiger partial charge in [-0.05, 0) is 35.1 Å². The topological polar surface area (TPSA) is 29.3 Å². The van der Waals surface area contributed by atoms with Crippen LogP contribution in [0, 0.1) is 0 Å². The number of rotatable bonds is 3. The van der Waals surface area contributed by atoms with Crippen molar-refractivity contribution < 1.29 is 4.42 Å². The van der Waals surface area contributed by atoms with Gasteiger partial charge in [-0.3, -0.25) is 4.98 Å². The fourth-order valence-corrected chi connectivity index (χ4v) is 2.76. The summed E-state index contributed by atoms with van der Waals surface area (Å²) in [7, 11) is 4.17. The van der Waals surface area contributed by atoms with Crippen molar-refractivity contribution in [3.63, 3.8) is 0 Å². The maximum absolute atomic E-state index is 5.25. The van der Waals surface area contributed by atoms with Gasteiger partial charge in [0.2, 0.25) is 0 Å². The number of hydrogen-bond acceptors (Lipinski definition) is 3. The maximum atomic E-state index is 5.25. The van der Waals surface area contributed by atoms with E-state index in [1.165, 1.54) is 22.2 Å². The molecule has 0 saturated heterocycles. The lowest BCUT2D eigenvalue weighted by atomic mass is 10.0. The fourth-order valence-electron chi connectivity index (χ4n) is 2.76. The van der Waals surface area contributed by atoms with Gasteiger partial charge in [0.1, 0.15) is 0 Å². The number of fused-ring (bicyclic) bond motifs is 1. The van der Waals surface area contributed by atoms with Crippen LogP contribution in [0.3, 0.4) is 0 Å². The predicted octanol–water partition coefficient (Wildman–Crippen LogP) is 5.83. The molecule has 128 valence electrons. The van der Waals surface area contributed by atoms with Crippen LogP contribution in [0.4, 0.5) is 5.69 Å². The van der Waals surface area contributed by atoms with Crippen LogP contribution in [0.15, 0.2) is 53.4 Å². The minimum absolute atomic E-state index is 0.499. The minimum atomic E-state index is 0.499. The highest BCUT2D eigenvalue weighted by Crippen LogP contribution is 2.25. The molecular weight excluding hydrogens is 296 g/mol. The van der Waals surface area contributed by atoms with E-state index in [0.29, 0.717) is 11.8 Å². The Morgan fingerprint density at radius 2 is 1.54 bits per heavy atom. The highest BCUT2D eigenvalue weighted by molar-refractivity contribution is 5.80. The first-order chi connectivity index (χ1) is 11.4. The van der Waals surface area contributed by atoms with Crippen molar-refractivity contribution in [3.8, 4) is 0 Å². The molecule has 0 amide bonds. The van der Waals surface area contributed by atoms with E-state index in [1.807, 2.05) is 12.3 Å². The summed E-state index contributed by atoms with van der Waals surface area (Å²) in [5, 5.41) is 1.18. The van der Waals surface area contributed by atoms with Crippen molar-refractivity contribution in [1.29, 1.82) is 0 Å². The lowest BCUT2D eigenvalue weighted by molar-refractivity contribution is 0.614. The van der Waals surface area contributed by atoms with Crippen LogP contribution in [-0.2, 0) is 0 Å². The third-order valence-corrected chi connectivity index (χ3v) is 4.07. The zero-order chi connectivity index (χ0) is 17.7. The molecule has 2 aromatic heterocycles. The molecule has 3 heteroatoms. The molecule has 0 aliphatic heterocycles. The Hall–Kier alpha value is -2.29. The van der Waals surface area contributed by atoms with Gasteiger partial charge >= 0.3 is 0 Å². The Bertz CT molecular complexity index is 745. The van der Waals surface area contributed by atoms with E-state index in [4.69, 9.17) is 4.42 Å². The van der Waals surface area contributed by atoms with Crippen molar-refractivity contribution in [2.24, 2.45) is 0 Å². The van der Waals surface area contributed by atoms with E-state index in [-0.39, 0.29) is 0 Å². The molecular formula is C21H28N2O. The van der Waals surface area contributed by atoms with E-state index < -0.39 is 0 Å². The minimum Gasteiger partial charge on any atom is -0.463 e. The van der Waals surface area contributed by atoms with Crippen molar-refractivity contribution in [2.75, 3.05) is 19.0 Å². The van der Waals surface area contributed by atoms with Gasteiger partial charge < -0.3 is 9.32 Å². The Morgan fingerprint density at radius 3 is 2.12 bits per heavy atom. The molecule has 0 atom stereocenters. The molecule has 3 rings (SSSR count). The molecule has 3 aromatic rings. The average Bonchev–Trinajstić information content (AvgIpc) is 3.03. The zero-order valence-electron chi connectivity index (χ0n) is 15.6. The Kier molecular flexibility index (Phi) is 6.02. The molecule has 0 bridgehead atoms. The van der Waals surface area contributed by atoms with Gasteiger partial charge in [-0.25, -0.2) is 0 Å². The van der Waals surface area contributed by atoms with E-state index in [1.54, 1.807) is 12.5 Å². The summed E-state index contributed by atoms with van der Waals surface area (Å²) in [5.41, 5.74) is 4.87. The molecule has 0 fully saturated rings. The largest absolute Gasteiger partial charge is 0.463 e. The van der Waals surface area contributed by atoms with Crippen LogP contribution in [-0.4, -0.2) is 19.1 Å². The summed E-state index contributed by atoms with van der Waals surface area (Å²) in [4.78, 5) is 6.27. The van der Waals surface area contributed by atoms with Crippen molar-refractivity contribution in [2.45, 2.75) is 39.5 Å². The molecule has 0 radical (unpaired) electrons. The molecule has 3 nitrogen and oxygen atoms in total. The Labute approximate surface area is 145 Å². The van der Waals surface area contributed by atoms with Gasteiger partial charge in [-0.1, -0.05) is 45.9 Å². The van der Waals surface area contributed by atoms with Gasteiger partial charge in [0.05, 0.1) is 12.5 Å². The molecule has 0 saturated carbocycles. The van der Waals surface area contributed by atoms with Gasteiger partial charge in [0.25, 0.3) is 0 Å². The number of para-hydroxylation sites is 1. The summed E-state index contributed by atoms with van der Waals surface area (Å²) in [6.45, 7) is 8.76. The first-order valence-corrected chi connectivity index (χ1v) is 8.49. The van der Waals surface area contributed by atoms with Crippen LogP contribution in [0.1, 0.15) is 50.7 Å². The van der Waals surface area contributed by atoms with Gasteiger partial charge in [0, 0.05) is 31.4 Å². The third-order valence-electron chi connectivity index (χ3n) is 4.07. The maximum Gasteiger partial charge on any atom is 0.152 e. The smallest absolute Gasteiger partial charge is 0.152 e. The lowest BCUT2D eigenvalue weighted by Gasteiger charge is -2.19. The first-order valence-electron chi connectivity index (χ1n) is 8.49. The molecule has 2 heterocycles. The van der Waals surface area contributed by atoms with Crippen LogP contribution in [0.5, 0.6) is 0 Å². The number of nitrogens with zero attached hydrogens (tertiary/aromatic N) is 2. The molecule has 0 spiro atoms. The quantitative estimate of drug-likeness (QED) is 0.607. The number of pyridine rings is 1. The summed E-state index contributed by atoms with van der Waals surface area (Å²) >= 11 is 0. The number of benzene rings is 1. The highest BCUT2D eigenvalue weighted by Gasteiger charge is 2.07. The average molecular weight is 324 g/mol. The number of hydrogen-bond donors (Lipinski definition) is 0. The Balaban J connectivity index is 0.000000174. The number of aromatic nitrogens is 1. The summed E-state index contributed by atoms with van der Waals surface area (Å²) in [6, 6.07) is 10.5. The molecule has 24 heavy (non-hydrogen) atoms. The molecule has 0 unspecified atom stereocenters. The highest BCUT2D eigenvalue weighted by atomic mass is 16.3. The zero-order valence-corrected chi connectivity index (χ0v) is 15.6. The van der Waals surface area contributed by atoms with E-state index in [2.05, 4.69) is 75.9 Å². The second-order valence-corrected chi connectivity index (χ2v) is 6.82. The van der Waals surface area contributed by atoms with Gasteiger partial charge in [0.15, 0.2) is 5.58 Å².